The van der Waals surface area contributed by atoms with Gasteiger partial charge in [-0.05, 0) is 48.4 Å². The summed E-state index contributed by atoms with van der Waals surface area (Å²) in [5.74, 6) is 1.18. The Balaban J connectivity index is 1.54. The third-order valence-electron chi connectivity index (χ3n) is 5.08. The molecule has 0 aliphatic carbocycles. The van der Waals surface area contributed by atoms with Crippen LogP contribution in [0, 0.1) is 0 Å². The van der Waals surface area contributed by atoms with Gasteiger partial charge in [-0.25, -0.2) is 0 Å². The molecule has 0 aliphatic rings. The average molecular weight is 353 g/mol. The van der Waals surface area contributed by atoms with Gasteiger partial charge in [0.05, 0.1) is 0 Å². The van der Waals surface area contributed by atoms with Gasteiger partial charge < -0.3 is 5.11 Å². The summed E-state index contributed by atoms with van der Waals surface area (Å²) in [6.07, 6.45) is 9.40. The van der Waals surface area contributed by atoms with E-state index in [2.05, 4.69) is 37.3 Å². The molecular weight excluding hydrogens is 320 g/mol. The number of phenolic OH excluding ortho intramolecular Hbond substituents is 1. The highest BCUT2D eigenvalue weighted by molar-refractivity contribution is 5.80. The summed E-state index contributed by atoms with van der Waals surface area (Å²) in [5.41, 5.74) is 2.37. The monoisotopic (exact) mass is 352 g/mol. The van der Waals surface area contributed by atoms with Crippen molar-refractivity contribution in [1.29, 1.82) is 0 Å². The number of benzene rings is 2. The number of rotatable bonds is 12. The number of ketones is 1. The van der Waals surface area contributed by atoms with Crippen LogP contribution in [0.25, 0.3) is 0 Å². The summed E-state index contributed by atoms with van der Waals surface area (Å²) < 4.78 is 0. The predicted molar refractivity (Wildman–Crippen MR) is 109 cm³/mol. The van der Waals surface area contributed by atoms with E-state index in [0.717, 1.165) is 18.4 Å². The minimum Gasteiger partial charge on any atom is -0.508 e. The molecule has 1 atom stereocenters. The maximum absolute atomic E-state index is 12.0. The van der Waals surface area contributed by atoms with Crippen LogP contribution in [0.2, 0.25) is 0 Å². The molecule has 0 aliphatic heterocycles. The van der Waals surface area contributed by atoms with Crippen molar-refractivity contribution < 1.29 is 9.90 Å². The molecular formula is C24H32O2. The van der Waals surface area contributed by atoms with Crippen molar-refractivity contribution >= 4 is 5.78 Å². The fourth-order valence-corrected chi connectivity index (χ4v) is 3.56. The van der Waals surface area contributed by atoms with Gasteiger partial charge in [0, 0.05) is 12.8 Å². The standard InChI is InChI=1S/C24H32O2/c1-2-21(22-14-8-6-9-15-22)13-7-4-3-5-10-16-23(25)18-20-12-11-17-24(26)19-20/h6,8-9,11-12,14-15,17,19,21,26H,2-5,7,10,13,16,18H2,1H3. The number of hydrogen-bond acceptors (Lipinski definition) is 2. The van der Waals surface area contributed by atoms with Gasteiger partial charge in [-0.2, -0.15) is 0 Å². The highest BCUT2D eigenvalue weighted by Crippen LogP contribution is 2.25. The molecule has 0 spiro atoms. The number of aromatic hydroxyl groups is 1. The summed E-state index contributed by atoms with van der Waals surface area (Å²) in [6.45, 7) is 2.27. The first-order chi connectivity index (χ1) is 12.7. The highest BCUT2D eigenvalue weighted by Gasteiger charge is 2.08. The molecule has 26 heavy (non-hydrogen) atoms. The maximum Gasteiger partial charge on any atom is 0.137 e. The second-order valence-corrected chi connectivity index (χ2v) is 7.21. The van der Waals surface area contributed by atoms with Gasteiger partial charge in [0.2, 0.25) is 0 Å². The molecule has 2 nitrogen and oxygen atoms in total. The Labute approximate surface area is 158 Å². The second-order valence-electron chi connectivity index (χ2n) is 7.21. The molecule has 2 aromatic rings. The van der Waals surface area contributed by atoms with Crippen LogP contribution >= 0.6 is 0 Å². The minimum absolute atomic E-state index is 0.233. The minimum atomic E-state index is 0.233. The molecule has 2 aromatic carbocycles. The van der Waals surface area contributed by atoms with Crippen molar-refractivity contribution in [3.63, 3.8) is 0 Å². The molecule has 0 saturated heterocycles. The summed E-state index contributed by atoms with van der Waals surface area (Å²) >= 11 is 0. The lowest BCUT2D eigenvalue weighted by Gasteiger charge is -2.15. The van der Waals surface area contributed by atoms with E-state index in [1.54, 1.807) is 18.2 Å². The number of carbonyl (C=O) groups excluding carboxylic acids is 1. The molecule has 0 heterocycles. The predicted octanol–water partition coefficient (Wildman–Crippen LogP) is 6.43. The summed E-state index contributed by atoms with van der Waals surface area (Å²) in [7, 11) is 0. The molecule has 1 unspecified atom stereocenters. The Morgan fingerprint density at radius 1 is 0.923 bits per heavy atom. The van der Waals surface area contributed by atoms with E-state index in [0.29, 0.717) is 18.8 Å². The first-order valence-electron chi connectivity index (χ1n) is 10.0. The van der Waals surface area contributed by atoms with Crippen LogP contribution in [0.15, 0.2) is 54.6 Å². The number of carbonyl (C=O) groups is 1. The van der Waals surface area contributed by atoms with E-state index < -0.39 is 0 Å². The number of hydrogen-bond donors (Lipinski definition) is 1. The van der Waals surface area contributed by atoms with Crippen LogP contribution < -0.4 is 0 Å². The molecule has 0 aromatic heterocycles. The second kappa shape index (κ2) is 11.5. The SMILES string of the molecule is CCC(CCCCCCCC(=O)Cc1cccc(O)c1)c1ccccc1. The summed E-state index contributed by atoms with van der Waals surface area (Å²) in [5, 5.41) is 9.44. The van der Waals surface area contributed by atoms with Crippen molar-refractivity contribution in [3.8, 4) is 5.75 Å². The smallest absolute Gasteiger partial charge is 0.137 e. The van der Waals surface area contributed by atoms with Crippen molar-refractivity contribution in [2.75, 3.05) is 0 Å². The van der Waals surface area contributed by atoms with E-state index in [4.69, 9.17) is 0 Å². The van der Waals surface area contributed by atoms with Crippen molar-refractivity contribution in [1.82, 2.24) is 0 Å². The summed E-state index contributed by atoms with van der Waals surface area (Å²) in [6, 6.07) is 17.8. The maximum atomic E-state index is 12.0. The van der Waals surface area contributed by atoms with Crippen molar-refractivity contribution in [2.45, 2.75) is 70.6 Å². The lowest BCUT2D eigenvalue weighted by molar-refractivity contribution is -0.118. The van der Waals surface area contributed by atoms with Gasteiger partial charge in [0.1, 0.15) is 11.5 Å². The van der Waals surface area contributed by atoms with E-state index in [9.17, 15) is 9.90 Å². The van der Waals surface area contributed by atoms with Crippen LogP contribution in [-0.2, 0) is 11.2 Å². The molecule has 140 valence electrons. The largest absolute Gasteiger partial charge is 0.508 e. The normalized spacial score (nSPS) is 12.0. The molecule has 1 N–H and O–H groups in total. The van der Waals surface area contributed by atoms with Crippen LogP contribution in [0.5, 0.6) is 5.75 Å². The highest BCUT2D eigenvalue weighted by atomic mass is 16.3. The van der Waals surface area contributed by atoms with Gasteiger partial charge in [-0.15, -0.1) is 0 Å². The zero-order chi connectivity index (χ0) is 18.6. The molecule has 0 amide bonds. The topological polar surface area (TPSA) is 37.3 Å². The quantitative estimate of drug-likeness (QED) is 0.447. The Kier molecular flexibility index (Phi) is 8.95. The number of Topliss-reactive ketones (excluding diaryl/α,β-unsaturated/α-hetero) is 1. The molecule has 2 rings (SSSR count). The molecule has 0 radical (unpaired) electrons. The first kappa shape index (κ1) is 20.2. The number of unbranched alkanes of at least 4 members (excludes halogenated alkanes) is 4. The lowest BCUT2D eigenvalue weighted by Crippen LogP contribution is -2.02. The Morgan fingerprint density at radius 2 is 1.65 bits per heavy atom. The Morgan fingerprint density at radius 3 is 2.38 bits per heavy atom. The van der Waals surface area contributed by atoms with E-state index in [1.165, 1.54) is 37.7 Å². The third kappa shape index (κ3) is 7.43. The van der Waals surface area contributed by atoms with E-state index >= 15 is 0 Å². The van der Waals surface area contributed by atoms with Gasteiger partial charge in [0.25, 0.3) is 0 Å². The fraction of sp³-hybridized carbons (Fsp3) is 0.458. The average Bonchev–Trinajstić information content (AvgIpc) is 2.65. The zero-order valence-corrected chi connectivity index (χ0v) is 16.0. The number of phenols is 1. The van der Waals surface area contributed by atoms with Crippen LogP contribution in [-0.4, -0.2) is 10.9 Å². The van der Waals surface area contributed by atoms with E-state index in [-0.39, 0.29) is 11.5 Å². The fourth-order valence-electron chi connectivity index (χ4n) is 3.56. The molecule has 0 saturated carbocycles. The molecule has 0 bridgehead atoms. The third-order valence-corrected chi connectivity index (χ3v) is 5.08. The van der Waals surface area contributed by atoms with Crippen molar-refractivity contribution in [2.24, 2.45) is 0 Å². The van der Waals surface area contributed by atoms with E-state index in [1.807, 2.05) is 6.07 Å². The molecule has 0 fully saturated rings. The Hall–Kier alpha value is -2.09. The molecule has 2 heteroatoms. The van der Waals surface area contributed by atoms with Gasteiger partial charge >= 0.3 is 0 Å². The first-order valence-corrected chi connectivity index (χ1v) is 10.0. The van der Waals surface area contributed by atoms with Crippen LogP contribution in [0.4, 0.5) is 0 Å². The van der Waals surface area contributed by atoms with Gasteiger partial charge in [-0.1, -0.05) is 75.1 Å². The van der Waals surface area contributed by atoms with Crippen LogP contribution in [0.3, 0.4) is 0 Å². The lowest BCUT2D eigenvalue weighted by atomic mass is 9.91. The van der Waals surface area contributed by atoms with Crippen molar-refractivity contribution in [3.05, 3.63) is 65.7 Å². The summed E-state index contributed by atoms with van der Waals surface area (Å²) in [4.78, 5) is 12.0. The van der Waals surface area contributed by atoms with Gasteiger partial charge in [0.15, 0.2) is 0 Å². The Bertz CT molecular complexity index is 648. The van der Waals surface area contributed by atoms with Gasteiger partial charge in [-0.3, -0.25) is 4.79 Å². The van der Waals surface area contributed by atoms with Crippen LogP contribution in [0.1, 0.15) is 75.3 Å². The zero-order valence-electron chi connectivity index (χ0n) is 16.0.